The summed E-state index contributed by atoms with van der Waals surface area (Å²) in [5.41, 5.74) is 3.98. The van der Waals surface area contributed by atoms with Crippen molar-refractivity contribution in [1.82, 2.24) is 9.71 Å². The highest BCUT2D eigenvalue weighted by Gasteiger charge is 2.18. The third-order valence-corrected chi connectivity index (χ3v) is 8.41. The molecule has 0 fully saturated rings. The molecule has 38 heavy (non-hydrogen) atoms. The quantitative estimate of drug-likeness (QED) is 0.228. The molecule has 1 aromatic heterocycles. The van der Waals surface area contributed by atoms with E-state index in [4.69, 9.17) is 4.74 Å². The average Bonchev–Trinajstić information content (AvgIpc) is 3.42. The van der Waals surface area contributed by atoms with E-state index in [1.165, 1.54) is 11.3 Å². The van der Waals surface area contributed by atoms with Gasteiger partial charge in [-0.3, -0.25) is 4.79 Å². The third kappa shape index (κ3) is 6.77. The maximum absolute atomic E-state index is 12.8. The van der Waals surface area contributed by atoms with Gasteiger partial charge in [0.25, 0.3) is 0 Å². The van der Waals surface area contributed by atoms with Gasteiger partial charge in [-0.2, -0.15) is 0 Å². The maximum atomic E-state index is 12.8. The van der Waals surface area contributed by atoms with Crippen LogP contribution in [0.2, 0.25) is 0 Å². The summed E-state index contributed by atoms with van der Waals surface area (Å²) < 4.78 is 33.7. The SMILES string of the molecule is CNc1nc(-c2ccc(OC)c(NC(=O)CCc3ccc(S(=O)(=O)NC(C)c4ccccc4)cc3)c2)cs1. The summed E-state index contributed by atoms with van der Waals surface area (Å²) in [4.78, 5) is 17.4. The van der Waals surface area contributed by atoms with Crippen molar-refractivity contribution in [2.75, 3.05) is 24.8 Å². The Labute approximate surface area is 227 Å². The van der Waals surface area contributed by atoms with Crippen molar-refractivity contribution in [2.24, 2.45) is 0 Å². The van der Waals surface area contributed by atoms with E-state index in [9.17, 15) is 13.2 Å². The number of carbonyl (C=O) groups is 1. The van der Waals surface area contributed by atoms with Crippen LogP contribution in [0.1, 0.15) is 30.5 Å². The Morgan fingerprint density at radius 1 is 1.05 bits per heavy atom. The number of hydrogen-bond donors (Lipinski definition) is 3. The molecule has 1 atom stereocenters. The number of thiazole rings is 1. The van der Waals surface area contributed by atoms with Crippen molar-refractivity contribution in [3.05, 3.63) is 89.3 Å². The van der Waals surface area contributed by atoms with Crippen molar-refractivity contribution >= 4 is 38.1 Å². The number of aromatic nitrogens is 1. The first kappa shape index (κ1) is 27.3. The zero-order chi connectivity index (χ0) is 27.1. The summed E-state index contributed by atoms with van der Waals surface area (Å²) in [5.74, 6) is 0.377. The van der Waals surface area contributed by atoms with Crippen LogP contribution in [-0.2, 0) is 21.2 Å². The first-order valence-corrected chi connectivity index (χ1v) is 14.4. The lowest BCUT2D eigenvalue weighted by atomic mass is 10.1. The van der Waals surface area contributed by atoms with Crippen molar-refractivity contribution in [3.63, 3.8) is 0 Å². The van der Waals surface area contributed by atoms with Gasteiger partial charge in [0.2, 0.25) is 15.9 Å². The van der Waals surface area contributed by atoms with Crippen LogP contribution in [0.3, 0.4) is 0 Å². The molecule has 0 bridgehead atoms. The van der Waals surface area contributed by atoms with E-state index in [1.807, 2.05) is 54.9 Å². The second-order valence-corrected chi connectivity index (χ2v) is 11.2. The Bertz CT molecular complexity index is 1490. The van der Waals surface area contributed by atoms with Crippen LogP contribution in [0.15, 0.2) is 83.1 Å². The summed E-state index contributed by atoms with van der Waals surface area (Å²) in [5, 5.41) is 8.70. The fourth-order valence-electron chi connectivity index (χ4n) is 3.90. The first-order chi connectivity index (χ1) is 18.3. The standard InChI is InChI=1S/C28H30N4O4S2/c1-19(21-7-5-4-6-8-21)32-38(34,35)23-13-9-20(10-14-23)11-16-27(33)30-24-17-22(12-15-26(24)36-3)25-18-37-28(29-2)31-25/h4-10,12-15,17-19,32H,11,16H2,1-3H3,(H,29,31)(H,30,33). The molecule has 198 valence electrons. The van der Waals surface area contributed by atoms with Crippen LogP contribution in [0.25, 0.3) is 11.3 Å². The lowest BCUT2D eigenvalue weighted by Gasteiger charge is -2.15. The Morgan fingerprint density at radius 3 is 2.45 bits per heavy atom. The van der Waals surface area contributed by atoms with Gasteiger partial charge < -0.3 is 15.4 Å². The molecule has 0 radical (unpaired) electrons. The van der Waals surface area contributed by atoms with Crippen LogP contribution in [0.5, 0.6) is 5.75 Å². The van der Waals surface area contributed by atoms with E-state index < -0.39 is 10.0 Å². The second-order valence-electron chi connectivity index (χ2n) is 8.65. The number of aryl methyl sites for hydroxylation is 1. The number of nitrogens with zero attached hydrogens (tertiary/aromatic N) is 1. The molecule has 3 N–H and O–H groups in total. The van der Waals surface area contributed by atoms with Gasteiger partial charge in [-0.25, -0.2) is 18.1 Å². The highest BCUT2D eigenvalue weighted by atomic mass is 32.2. The minimum atomic E-state index is -3.68. The third-order valence-electron chi connectivity index (χ3n) is 5.99. The number of nitrogens with one attached hydrogen (secondary N) is 3. The molecular weight excluding hydrogens is 520 g/mol. The molecule has 3 aromatic carbocycles. The molecular formula is C28H30N4O4S2. The minimum Gasteiger partial charge on any atom is -0.495 e. The van der Waals surface area contributed by atoms with Gasteiger partial charge in [0, 0.05) is 30.5 Å². The fraction of sp³-hybridized carbons (Fsp3) is 0.214. The topological polar surface area (TPSA) is 109 Å². The molecule has 10 heteroatoms. The van der Waals surface area contributed by atoms with E-state index in [0.29, 0.717) is 17.9 Å². The van der Waals surface area contributed by atoms with Crippen molar-refractivity contribution in [3.8, 4) is 17.0 Å². The molecule has 0 saturated carbocycles. The summed E-state index contributed by atoms with van der Waals surface area (Å²) >= 11 is 1.50. The number of rotatable bonds is 11. The molecule has 0 spiro atoms. The molecule has 1 amide bonds. The van der Waals surface area contributed by atoms with E-state index in [0.717, 1.165) is 27.5 Å². The van der Waals surface area contributed by atoms with Crippen LogP contribution in [0.4, 0.5) is 10.8 Å². The monoisotopic (exact) mass is 550 g/mol. The van der Waals surface area contributed by atoms with Gasteiger partial charge in [-0.05, 0) is 54.8 Å². The molecule has 8 nitrogen and oxygen atoms in total. The molecule has 0 aliphatic carbocycles. The lowest BCUT2D eigenvalue weighted by Crippen LogP contribution is -2.26. The number of amides is 1. The number of benzene rings is 3. The Morgan fingerprint density at radius 2 is 1.79 bits per heavy atom. The zero-order valence-corrected chi connectivity index (χ0v) is 23.0. The molecule has 4 aromatic rings. The first-order valence-electron chi connectivity index (χ1n) is 12.1. The number of hydrogen-bond acceptors (Lipinski definition) is 7. The number of carbonyl (C=O) groups excluding carboxylic acids is 1. The highest BCUT2D eigenvalue weighted by molar-refractivity contribution is 7.89. The largest absolute Gasteiger partial charge is 0.495 e. The number of anilines is 2. The van der Waals surface area contributed by atoms with Crippen LogP contribution < -0.4 is 20.1 Å². The number of sulfonamides is 1. The van der Waals surface area contributed by atoms with Gasteiger partial charge in [-0.1, -0.05) is 42.5 Å². The normalized spacial score (nSPS) is 12.1. The average molecular weight is 551 g/mol. The van der Waals surface area contributed by atoms with Gasteiger partial charge in [0.15, 0.2) is 5.13 Å². The fourth-order valence-corrected chi connectivity index (χ4v) is 5.82. The van der Waals surface area contributed by atoms with Crippen molar-refractivity contribution < 1.29 is 17.9 Å². The Kier molecular flexibility index (Phi) is 8.77. The van der Waals surface area contributed by atoms with E-state index in [1.54, 1.807) is 44.4 Å². The second kappa shape index (κ2) is 12.2. The highest BCUT2D eigenvalue weighted by Crippen LogP contribution is 2.32. The van der Waals surface area contributed by atoms with Crippen LogP contribution in [0, 0.1) is 0 Å². The van der Waals surface area contributed by atoms with Crippen LogP contribution >= 0.6 is 11.3 Å². The number of methoxy groups -OCH3 is 1. The Hall–Kier alpha value is -3.73. The van der Waals surface area contributed by atoms with E-state index in [2.05, 4.69) is 20.3 Å². The Balaban J connectivity index is 1.37. The summed E-state index contributed by atoms with van der Waals surface area (Å²) in [6.45, 7) is 1.81. The smallest absolute Gasteiger partial charge is 0.241 e. The minimum absolute atomic E-state index is 0.176. The van der Waals surface area contributed by atoms with Gasteiger partial charge >= 0.3 is 0 Å². The molecule has 4 rings (SSSR count). The predicted molar refractivity (Wildman–Crippen MR) is 152 cm³/mol. The van der Waals surface area contributed by atoms with Gasteiger partial charge in [-0.15, -0.1) is 11.3 Å². The lowest BCUT2D eigenvalue weighted by molar-refractivity contribution is -0.116. The van der Waals surface area contributed by atoms with Crippen LogP contribution in [-0.4, -0.2) is 33.5 Å². The summed E-state index contributed by atoms with van der Waals surface area (Å²) in [7, 11) is -0.312. The molecule has 0 aliphatic heterocycles. The van der Waals surface area contributed by atoms with E-state index in [-0.39, 0.29) is 23.3 Å². The summed E-state index contributed by atoms with van der Waals surface area (Å²) in [6, 6.07) is 21.2. The molecule has 0 saturated heterocycles. The maximum Gasteiger partial charge on any atom is 0.241 e. The molecule has 1 unspecified atom stereocenters. The summed E-state index contributed by atoms with van der Waals surface area (Å²) in [6.07, 6.45) is 0.684. The number of ether oxygens (including phenoxy) is 1. The predicted octanol–water partition coefficient (Wildman–Crippen LogP) is 5.47. The van der Waals surface area contributed by atoms with Gasteiger partial charge in [0.05, 0.1) is 23.4 Å². The van der Waals surface area contributed by atoms with Crippen molar-refractivity contribution in [1.29, 1.82) is 0 Å². The zero-order valence-electron chi connectivity index (χ0n) is 21.4. The molecule has 0 aliphatic rings. The van der Waals surface area contributed by atoms with Gasteiger partial charge in [0.1, 0.15) is 5.75 Å². The van der Waals surface area contributed by atoms with E-state index >= 15 is 0 Å². The molecule has 1 heterocycles. The van der Waals surface area contributed by atoms with Crippen molar-refractivity contribution in [2.45, 2.75) is 30.7 Å².